The summed E-state index contributed by atoms with van der Waals surface area (Å²) < 4.78 is 10.7. The summed E-state index contributed by atoms with van der Waals surface area (Å²) in [7, 11) is 1.69. The molecule has 1 atom stereocenters. The maximum Gasteiger partial charge on any atom is 0.188 e. The third-order valence-corrected chi connectivity index (χ3v) is 2.40. The van der Waals surface area contributed by atoms with Gasteiger partial charge in [0.15, 0.2) is 5.96 Å². The average molecular weight is 201 g/mol. The van der Waals surface area contributed by atoms with Gasteiger partial charge in [0.25, 0.3) is 0 Å². The van der Waals surface area contributed by atoms with Crippen LogP contribution in [-0.2, 0) is 9.47 Å². The topological polar surface area (TPSA) is 68.9 Å². The van der Waals surface area contributed by atoms with Gasteiger partial charge in [-0.05, 0) is 6.92 Å². The number of ether oxygens (including phenoxy) is 2. The number of hydrogen-bond acceptors (Lipinski definition) is 3. The van der Waals surface area contributed by atoms with Gasteiger partial charge in [0.2, 0.25) is 0 Å². The maximum absolute atomic E-state index is 5.62. The van der Waals surface area contributed by atoms with Crippen LogP contribution in [0.4, 0.5) is 0 Å². The fraction of sp³-hybridized carbons (Fsp3) is 0.889. The number of rotatable bonds is 4. The van der Waals surface area contributed by atoms with E-state index in [1.165, 1.54) is 0 Å². The second-order valence-electron chi connectivity index (χ2n) is 3.42. The summed E-state index contributed by atoms with van der Waals surface area (Å²) in [6, 6.07) is 0. The van der Waals surface area contributed by atoms with Crippen LogP contribution in [0.2, 0.25) is 0 Å². The molecule has 0 saturated carbocycles. The van der Waals surface area contributed by atoms with Crippen LogP contribution in [0.15, 0.2) is 4.99 Å². The Kier molecular flexibility index (Phi) is 4.16. The van der Waals surface area contributed by atoms with Crippen molar-refractivity contribution < 1.29 is 9.47 Å². The van der Waals surface area contributed by atoms with Crippen molar-refractivity contribution in [2.75, 3.05) is 33.4 Å². The first-order chi connectivity index (χ1) is 6.72. The van der Waals surface area contributed by atoms with Crippen LogP contribution in [0, 0.1) is 0 Å². The molecule has 0 amide bonds. The maximum atomic E-state index is 5.62. The van der Waals surface area contributed by atoms with E-state index in [-0.39, 0.29) is 5.60 Å². The summed E-state index contributed by atoms with van der Waals surface area (Å²) in [6.07, 6.45) is 0.881. The van der Waals surface area contributed by atoms with Gasteiger partial charge in [-0.1, -0.05) is 0 Å². The molecule has 0 aromatic heterocycles. The van der Waals surface area contributed by atoms with Crippen molar-refractivity contribution in [1.82, 2.24) is 5.32 Å². The van der Waals surface area contributed by atoms with Crippen LogP contribution < -0.4 is 11.1 Å². The van der Waals surface area contributed by atoms with Gasteiger partial charge in [-0.2, -0.15) is 0 Å². The second-order valence-corrected chi connectivity index (χ2v) is 3.42. The minimum atomic E-state index is -0.264. The standard InChI is InChI=1S/C9H19N3O2/c1-3-11-8(10)12-6-9(13-2)4-5-14-7-9/h3-7H2,1-2H3,(H3,10,11,12). The summed E-state index contributed by atoms with van der Waals surface area (Å²) in [5, 5.41) is 2.94. The monoisotopic (exact) mass is 201 g/mol. The quantitative estimate of drug-likeness (QED) is 0.484. The molecule has 5 nitrogen and oxygen atoms in total. The van der Waals surface area contributed by atoms with Crippen molar-refractivity contribution in [3.63, 3.8) is 0 Å². The van der Waals surface area contributed by atoms with Crippen molar-refractivity contribution in [2.24, 2.45) is 10.7 Å². The lowest BCUT2D eigenvalue weighted by Crippen LogP contribution is -2.38. The van der Waals surface area contributed by atoms with E-state index in [4.69, 9.17) is 15.2 Å². The lowest BCUT2D eigenvalue weighted by molar-refractivity contribution is -0.00905. The van der Waals surface area contributed by atoms with Crippen molar-refractivity contribution in [2.45, 2.75) is 18.9 Å². The van der Waals surface area contributed by atoms with Crippen LogP contribution in [-0.4, -0.2) is 45.0 Å². The molecule has 0 aliphatic carbocycles. The molecule has 0 bridgehead atoms. The molecule has 0 aromatic carbocycles. The summed E-state index contributed by atoms with van der Waals surface area (Å²) in [6.45, 7) is 4.66. The molecule has 1 unspecified atom stereocenters. The first-order valence-electron chi connectivity index (χ1n) is 4.89. The van der Waals surface area contributed by atoms with Gasteiger partial charge in [-0.3, -0.25) is 4.99 Å². The molecule has 82 valence electrons. The zero-order valence-electron chi connectivity index (χ0n) is 8.88. The number of nitrogens with zero attached hydrogens (tertiary/aromatic N) is 1. The Morgan fingerprint density at radius 3 is 3.00 bits per heavy atom. The fourth-order valence-corrected chi connectivity index (χ4v) is 1.41. The zero-order chi connectivity index (χ0) is 10.4. The Morgan fingerprint density at radius 1 is 1.71 bits per heavy atom. The molecule has 1 heterocycles. The Bertz CT molecular complexity index is 200. The molecule has 5 heteroatoms. The number of guanidine groups is 1. The van der Waals surface area contributed by atoms with Gasteiger partial charge in [0.05, 0.1) is 13.2 Å². The van der Waals surface area contributed by atoms with E-state index in [0.717, 1.165) is 19.6 Å². The van der Waals surface area contributed by atoms with Crippen molar-refractivity contribution >= 4 is 5.96 Å². The van der Waals surface area contributed by atoms with Crippen LogP contribution in [0.1, 0.15) is 13.3 Å². The van der Waals surface area contributed by atoms with Crippen LogP contribution in [0.25, 0.3) is 0 Å². The number of nitrogens with one attached hydrogen (secondary N) is 1. The largest absolute Gasteiger partial charge is 0.378 e. The van der Waals surface area contributed by atoms with Crippen molar-refractivity contribution in [1.29, 1.82) is 0 Å². The predicted octanol–water partition coefficient (Wildman–Crippen LogP) is -0.284. The number of methoxy groups -OCH3 is 1. The lowest BCUT2D eigenvalue weighted by Gasteiger charge is -2.23. The highest BCUT2D eigenvalue weighted by Gasteiger charge is 2.34. The van der Waals surface area contributed by atoms with Crippen molar-refractivity contribution in [3.8, 4) is 0 Å². The van der Waals surface area contributed by atoms with E-state index in [9.17, 15) is 0 Å². The first kappa shape index (κ1) is 11.3. The molecule has 1 saturated heterocycles. The van der Waals surface area contributed by atoms with Gasteiger partial charge in [-0.15, -0.1) is 0 Å². The highest BCUT2D eigenvalue weighted by molar-refractivity contribution is 5.77. The van der Waals surface area contributed by atoms with E-state index in [2.05, 4.69) is 10.3 Å². The van der Waals surface area contributed by atoms with E-state index >= 15 is 0 Å². The number of aliphatic imine (C=N–C) groups is 1. The van der Waals surface area contributed by atoms with E-state index < -0.39 is 0 Å². The van der Waals surface area contributed by atoms with Gasteiger partial charge in [-0.25, -0.2) is 0 Å². The molecule has 0 aromatic rings. The van der Waals surface area contributed by atoms with E-state index in [1.807, 2.05) is 6.92 Å². The molecule has 1 aliphatic rings. The van der Waals surface area contributed by atoms with Crippen LogP contribution in [0.5, 0.6) is 0 Å². The molecule has 1 rings (SSSR count). The molecule has 1 fully saturated rings. The lowest BCUT2D eigenvalue weighted by atomic mass is 10.0. The normalized spacial score (nSPS) is 28.0. The minimum absolute atomic E-state index is 0.264. The van der Waals surface area contributed by atoms with E-state index in [1.54, 1.807) is 7.11 Å². The predicted molar refractivity (Wildman–Crippen MR) is 55.3 cm³/mol. The van der Waals surface area contributed by atoms with Gasteiger partial charge in [0.1, 0.15) is 5.60 Å². The smallest absolute Gasteiger partial charge is 0.188 e. The fourth-order valence-electron chi connectivity index (χ4n) is 1.41. The third-order valence-electron chi connectivity index (χ3n) is 2.40. The highest BCUT2D eigenvalue weighted by atomic mass is 16.5. The molecule has 14 heavy (non-hydrogen) atoms. The van der Waals surface area contributed by atoms with Gasteiger partial charge in [0, 0.05) is 26.7 Å². The van der Waals surface area contributed by atoms with Crippen LogP contribution in [0.3, 0.4) is 0 Å². The summed E-state index contributed by atoms with van der Waals surface area (Å²) in [5.41, 5.74) is 5.35. The van der Waals surface area contributed by atoms with Crippen molar-refractivity contribution in [3.05, 3.63) is 0 Å². The Morgan fingerprint density at radius 2 is 2.50 bits per heavy atom. The van der Waals surface area contributed by atoms with Gasteiger partial charge >= 0.3 is 0 Å². The molecule has 3 N–H and O–H groups in total. The summed E-state index contributed by atoms with van der Waals surface area (Å²) in [5.74, 6) is 0.468. The van der Waals surface area contributed by atoms with E-state index in [0.29, 0.717) is 19.1 Å². The van der Waals surface area contributed by atoms with Gasteiger partial charge < -0.3 is 20.5 Å². The molecular formula is C9H19N3O2. The SMILES string of the molecule is CCNC(N)=NCC1(OC)CCOC1. The third kappa shape index (κ3) is 2.85. The molecule has 1 aliphatic heterocycles. The average Bonchev–Trinajstić information content (AvgIpc) is 2.65. The number of hydrogen-bond donors (Lipinski definition) is 2. The molecular weight excluding hydrogens is 182 g/mol. The minimum Gasteiger partial charge on any atom is -0.378 e. The molecule has 0 spiro atoms. The molecule has 0 radical (unpaired) electrons. The Balaban J connectivity index is 2.44. The second kappa shape index (κ2) is 5.17. The summed E-state index contributed by atoms with van der Waals surface area (Å²) >= 11 is 0. The highest BCUT2D eigenvalue weighted by Crippen LogP contribution is 2.22. The summed E-state index contributed by atoms with van der Waals surface area (Å²) in [4.78, 5) is 4.22. The zero-order valence-corrected chi connectivity index (χ0v) is 8.88. The Labute approximate surface area is 84.7 Å². The number of nitrogens with two attached hydrogens (primary N) is 1. The van der Waals surface area contributed by atoms with Crippen LogP contribution >= 0.6 is 0 Å². The Hall–Kier alpha value is -0.810. The first-order valence-corrected chi connectivity index (χ1v) is 4.89.